The fourth-order valence-corrected chi connectivity index (χ4v) is 6.86. The lowest BCUT2D eigenvalue weighted by molar-refractivity contribution is 0.286. The highest BCUT2D eigenvalue weighted by Gasteiger charge is 2.04. The molecule has 0 saturated carbocycles. The molecule has 1 aromatic rings. The van der Waals surface area contributed by atoms with Crippen molar-refractivity contribution in [3.63, 3.8) is 0 Å². The molecule has 0 N–H and O–H groups in total. The lowest BCUT2D eigenvalue weighted by Gasteiger charge is -2.20. The number of hydrogen-bond acceptors (Lipinski definition) is 1. The largest absolute Gasteiger partial charge is 0.300 e. The van der Waals surface area contributed by atoms with Crippen LogP contribution >= 0.6 is 0 Å². The monoisotopic (exact) mass is 638 g/mol. The lowest BCUT2D eigenvalue weighted by Crippen LogP contribution is -2.26. The Morgan fingerprint density at radius 1 is 0.413 bits per heavy atom. The molecule has 0 aliphatic rings. The molecule has 0 aliphatic heterocycles. The first kappa shape index (κ1) is 42.9. The zero-order valence-corrected chi connectivity index (χ0v) is 32.1. The number of unbranched alkanes of at least 4 members (excludes halogenated alkanes) is 24. The molecule has 268 valence electrons. The van der Waals surface area contributed by atoms with Gasteiger partial charge in [-0.05, 0) is 43.3 Å². The number of benzene rings is 1. The third kappa shape index (κ3) is 31.5. The summed E-state index contributed by atoms with van der Waals surface area (Å²) >= 11 is 0. The lowest BCUT2D eigenvalue weighted by atomic mass is 10.0. The first-order valence-electron chi connectivity index (χ1n) is 21.0. The van der Waals surface area contributed by atoms with Crippen LogP contribution in [0, 0.1) is 11.8 Å². The minimum Gasteiger partial charge on any atom is -0.300 e. The third-order valence-corrected chi connectivity index (χ3v) is 9.99. The summed E-state index contributed by atoms with van der Waals surface area (Å²) in [7, 11) is 0. The van der Waals surface area contributed by atoms with Gasteiger partial charge in [-0.15, -0.1) is 0 Å². The van der Waals surface area contributed by atoms with Crippen LogP contribution < -0.4 is 0 Å². The van der Waals surface area contributed by atoms with Crippen LogP contribution in [-0.2, 0) is 0 Å². The maximum atomic E-state index is 2.73. The van der Waals surface area contributed by atoms with Crippen LogP contribution in [0.1, 0.15) is 213 Å². The van der Waals surface area contributed by atoms with E-state index in [1.54, 1.807) is 0 Å². The Hall–Kier alpha value is -1.08. The highest BCUT2D eigenvalue weighted by atomic mass is 15.1. The first-order chi connectivity index (χ1) is 22.6. The molecule has 0 amide bonds. The minimum absolute atomic E-state index is 0.884. The van der Waals surface area contributed by atoms with Crippen LogP contribution in [0.2, 0.25) is 0 Å². The Kier molecular flexibility index (Phi) is 31.6. The molecule has 1 aromatic carbocycles. The topological polar surface area (TPSA) is 3.24 Å². The molecule has 1 rings (SSSR count). The quantitative estimate of drug-likeness (QED) is 0.0669. The van der Waals surface area contributed by atoms with Gasteiger partial charge in [0.05, 0.1) is 0 Å². The fourth-order valence-electron chi connectivity index (χ4n) is 6.86. The van der Waals surface area contributed by atoms with Crippen molar-refractivity contribution in [2.24, 2.45) is 11.8 Å². The Morgan fingerprint density at radius 2 is 0.717 bits per heavy atom. The molecular formula is C45H83N. The van der Waals surface area contributed by atoms with Crippen LogP contribution in [0.4, 0.5) is 0 Å². The van der Waals surface area contributed by atoms with Gasteiger partial charge in [-0.25, -0.2) is 0 Å². The van der Waals surface area contributed by atoms with Crippen molar-refractivity contribution in [2.75, 3.05) is 19.6 Å². The summed E-state index contributed by atoms with van der Waals surface area (Å²) in [6, 6.07) is 10.8. The van der Waals surface area contributed by atoms with E-state index < -0.39 is 0 Å². The molecule has 0 aliphatic carbocycles. The zero-order valence-electron chi connectivity index (χ0n) is 32.1. The molecule has 0 aromatic heterocycles. The van der Waals surface area contributed by atoms with Gasteiger partial charge in [-0.1, -0.05) is 237 Å². The molecule has 1 nitrogen and oxygen atoms in total. The van der Waals surface area contributed by atoms with E-state index in [9.17, 15) is 0 Å². The Bertz CT molecular complexity index is 697. The molecule has 0 spiro atoms. The van der Waals surface area contributed by atoms with E-state index in [0.717, 1.165) is 18.4 Å². The van der Waals surface area contributed by atoms with E-state index >= 15 is 0 Å². The second-order valence-corrected chi connectivity index (χ2v) is 15.7. The van der Waals surface area contributed by atoms with Gasteiger partial charge in [0.25, 0.3) is 0 Å². The number of rotatable bonds is 35. The van der Waals surface area contributed by atoms with Crippen LogP contribution in [0.25, 0.3) is 6.08 Å². The third-order valence-electron chi connectivity index (χ3n) is 9.99. The van der Waals surface area contributed by atoms with Gasteiger partial charge in [-0.2, -0.15) is 0 Å². The summed E-state index contributed by atoms with van der Waals surface area (Å²) in [6.45, 7) is 13.0. The molecule has 46 heavy (non-hydrogen) atoms. The molecular weight excluding hydrogens is 555 g/mol. The Labute approximate surface area is 291 Å². The molecule has 0 saturated heterocycles. The first-order valence-corrected chi connectivity index (χ1v) is 21.0. The van der Waals surface area contributed by atoms with Crippen molar-refractivity contribution in [3.8, 4) is 0 Å². The van der Waals surface area contributed by atoms with Gasteiger partial charge in [0, 0.05) is 6.54 Å². The molecule has 0 bridgehead atoms. The summed E-state index contributed by atoms with van der Waals surface area (Å²) < 4.78 is 0. The van der Waals surface area contributed by atoms with E-state index in [2.05, 4.69) is 75.1 Å². The molecule has 0 atom stereocenters. The zero-order chi connectivity index (χ0) is 33.2. The Balaban J connectivity index is 2.05. The van der Waals surface area contributed by atoms with Gasteiger partial charge in [0.2, 0.25) is 0 Å². The molecule has 0 heterocycles. The van der Waals surface area contributed by atoms with Gasteiger partial charge >= 0.3 is 0 Å². The predicted octanol–water partition coefficient (Wildman–Crippen LogP) is 15.2. The Morgan fingerprint density at radius 3 is 1.04 bits per heavy atom. The maximum Gasteiger partial charge on any atom is 0.0166 e. The molecule has 1 heteroatoms. The van der Waals surface area contributed by atoms with Gasteiger partial charge in [0.15, 0.2) is 0 Å². The van der Waals surface area contributed by atoms with Crippen molar-refractivity contribution in [2.45, 2.75) is 207 Å². The average molecular weight is 638 g/mol. The van der Waals surface area contributed by atoms with Crippen LogP contribution in [0.15, 0.2) is 36.4 Å². The van der Waals surface area contributed by atoms with Crippen molar-refractivity contribution in [1.29, 1.82) is 0 Å². The van der Waals surface area contributed by atoms with Gasteiger partial charge in [-0.3, -0.25) is 4.90 Å². The number of nitrogens with zero attached hydrogens (tertiary/aromatic N) is 1. The van der Waals surface area contributed by atoms with E-state index in [1.165, 1.54) is 198 Å². The van der Waals surface area contributed by atoms with Gasteiger partial charge < -0.3 is 0 Å². The summed E-state index contributed by atoms with van der Waals surface area (Å²) in [6.07, 6.45) is 45.1. The predicted molar refractivity (Wildman–Crippen MR) is 211 cm³/mol. The minimum atomic E-state index is 0.884. The maximum absolute atomic E-state index is 2.73. The number of hydrogen-bond donors (Lipinski definition) is 0. The second-order valence-electron chi connectivity index (χ2n) is 15.7. The highest BCUT2D eigenvalue weighted by Crippen LogP contribution is 2.16. The summed E-state index contributed by atoms with van der Waals surface area (Å²) in [5, 5.41) is 0. The van der Waals surface area contributed by atoms with Crippen molar-refractivity contribution in [3.05, 3.63) is 42.0 Å². The summed E-state index contributed by atoms with van der Waals surface area (Å²) in [5.41, 5.74) is 1.32. The van der Waals surface area contributed by atoms with Crippen LogP contribution in [0.3, 0.4) is 0 Å². The van der Waals surface area contributed by atoms with E-state index in [4.69, 9.17) is 0 Å². The summed E-state index contributed by atoms with van der Waals surface area (Å²) in [5.74, 6) is 1.77. The smallest absolute Gasteiger partial charge is 0.0166 e. The van der Waals surface area contributed by atoms with Crippen LogP contribution in [-0.4, -0.2) is 24.5 Å². The fraction of sp³-hybridized carbons (Fsp3) is 0.822. The standard InChI is InChI=1S/C45H83N/c1-43(2)35-28-23-19-15-11-7-5-9-13-17-21-25-32-40-46(42-34-39-45-37-30-27-31-38-45)41-33-26-22-18-14-10-6-8-12-16-20-24-29-36-44(3)4/h27,30-31,34,37-39,43-44H,5-26,28-29,32-33,35-36,40-42H2,1-4H3. The van der Waals surface area contributed by atoms with Crippen LogP contribution in [0.5, 0.6) is 0 Å². The van der Waals surface area contributed by atoms with E-state index in [-0.39, 0.29) is 0 Å². The summed E-state index contributed by atoms with van der Waals surface area (Å²) in [4.78, 5) is 2.73. The average Bonchev–Trinajstić information content (AvgIpc) is 3.04. The molecule has 0 unspecified atom stereocenters. The molecule has 0 fully saturated rings. The van der Waals surface area contributed by atoms with E-state index in [0.29, 0.717) is 0 Å². The van der Waals surface area contributed by atoms with E-state index in [1.807, 2.05) is 0 Å². The van der Waals surface area contributed by atoms with Crippen molar-refractivity contribution in [1.82, 2.24) is 4.90 Å². The van der Waals surface area contributed by atoms with Crippen molar-refractivity contribution < 1.29 is 0 Å². The normalized spacial score (nSPS) is 12.1. The highest BCUT2D eigenvalue weighted by molar-refractivity contribution is 5.48. The van der Waals surface area contributed by atoms with Crippen molar-refractivity contribution >= 4 is 6.08 Å². The van der Waals surface area contributed by atoms with Gasteiger partial charge in [0.1, 0.15) is 0 Å². The SMILES string of the molecule is CC(C)CCCCCCCCCCCCCCCN(CC=Cc1ccccc1)CCCCCCCCCCCCCCCC(C)C. The second kappa shape index (κ2) is 33.8. The molecule has 0 radical (unpaired) electrons.